The Balaban J connectivity index is 1.50. The first kappa shape index (κ1) is 25.3. The molecule has 182 valence electrons. The first-order valence-corrected chi connectivity index (χ1v) is 11.7. The lowest BCUT2D eigenvalue weighted by molar-refractivity contribution is -0.113. The van der Waals surface area contributed by atoms with Crippen molar-refractivity contribution in [3.63, 3.8) is 0 Å². The van der Waals surface area contributed by atoms with E-state index < -0.39 is 11.8 Å². The van der Waals surface area contributed by atoms with Gasteiger partial charge in [-0.1, -0.05) is 48.0 Å². The summed E-state index contributed by atoms with van der Waals surface area (Å²) >= 11 is 6.08. The Bertz CT molecular complexity index is 1470. The molecule has 0 radical (unpaired) electrons. The van der Waals surface area contributed by atoms with E-state index in [0.717, 1.165) is 5.56 Å². The lowest BCUT2D eigenvalue weighted by Crippen LogP contribution is -2.30. The highest BCUT2D eigenvalue weighted by Crippen LogP contribution is 2.16. The summed E-state index contributed by atoms with van der Waals surface area (Å²) in [5.74, 6) is -1.14. The van der Waals surface area contributed by atoms with Crippen molar-refractivity contribution < 1.29 is 14.4 Å². The van der Waals surface area contributed by atoms with E-state index in [2.05, 4.69) is 15.6 Å². The van der Waals surface area contributed by atoms with Crippen LogP contribution in [0.2, 0.25) is 5.02 Å². The first-order valence-electron chi connectivity index (χ1n) is 11.4. The number of halogens is 1. The van der Waals surface area contributed by atoms with Gasteiger partial charge in [-0.15, -0.1) is 0 Å². The van der Waals surface area contributed by atoms with Crippen LogP contribution in [-0.4, -0.2) is 22.6 Å². The van der Waals surface area contributed by atoms with Crippen LogP contribution in [0, 0.1) is 0 Å². The molecule has 1 heterocycles. The highest BCUT2D eigenvalue weighted by Gasteiger charge is 2.15. The molecule has 0 fully saturated rings. The number of carbonyl (C=O) groups excluding carboxylic acids is 3. The average Bonchev–Trinajstić information content (AvgIpc) is 2.93. The molecule has 7 heteroatoms. The molecule has 0 spiro atoms. The maximum atomic E-state index is 13.1. The topological polar surface area (TPSA) is 88.2 Å². The van der Waals surface area contributed by atoms with Crippen LogP contribution in [-0.2, 0) is 4.79 Å². The van der Waals surface area contributed by atoms with E-state index in [1.54, 1.807) is 109 Å². The van der Waals surface area contributed by atoms with Crippen molar-refractivity contribution in [1.29, 1.82) is 0 Å². The number of anilines is 1. The van der Waals surface area contributed by atoms with E-state index in [1.165, 1.54) is 6.08 Å². The molecule has 3 aromatic carbocycles. The lowest BCUT2D eigenvalue weighted by atomic mass is 10.1. The molecule has 1 aromatic heterocycles. The maximum absolute atomic E-state index is 13.1. The minimum absolute atomic E-state index is 0.0377. The number of aromatic nitrogens is 1. The second kappa shape index (κ2) is 12.2. The zero-order valence-corrected chi connectivity index (χ0v) is 20.4. The number of rotatable bonds is 8. The number of ketones is 1. The third kappa shape index (κ3) is 7.34. The number of benzene rings is 3. The van der Waals surface area contributed by atoms with Gasteiger partial charge in [0, 0.05) is 34.2 Å². The molecule has 0 atom stereocenters. The molecular weight excluding hydrogens is 486 g/mol. The quantitative estimate of drug-likeness (QED) is 0.225. The molecule has 4 aromatic rings. The van der Waals surface area contributed by atoms with Gasteiger partial charge in [-0.2, -0.15) is 0 Å². The highest BCUT2D eigenvalue weighted by molar-refractivity contribution is 6.30. The molecule has 4 rings (SSSR count). The fourth-order valence-electron chi connectivity index (χ4n) is 3.36. The van der Waals surface area contributed by atoms with E-state index in [9.17, 15) is 14.4 Å². The second-order valence-electron chi connectivity index (χ2n) is 7.95. The largest absolute Gasteiger partial charge is 0.321 e. The number of hydrogen-bond donors (Lipinski definition) is 2. The summed E-state index contributed by atoms with van der Waals surface area (Å²) < 4.78 is 0. The minimum atomic E-state index is -0.528. The molecular formula is C30H22ClN3O3. The Labute approximate surface area is 219 Å². The molecule has 0 saturated heterocycles. The van der Waals surface area contributed by atoms with Crippen molar-refractivity contribution in [3.05, 3.63) is 142 Å². The van der Waals surface area contributed by atoms with Gasteiger partial charge in [-0.05, 0) is 84.0 Å². The van der Waals surface area contributed by atoms with E-state index >= 15 is 0 Å². The molecule has 37 heavy (non-hydrogen) atoms. The van der Waals surface area contributed by atoms with Gasteiger partial charge >= 0.3 is 0 Å². The summed E-state index contributed by atoms with van der Waals surface area (Å²) in [5, 5.41) is 5.95. The Hall–Kier alpha value is -4.81. The van der Waals surface area contributed by atoms with Crippen LogP contribution in [0.5, 0.6) is 0 Å². The van der Waals surface area contributed by atoms with Crippen LogP contribution >= 0.6 is 11.6 Å². The van der Waals surface area contributed by atoms with Crippen LogP contribution < -0.4 is 10.6 Å². The van der Waals surface area contributed by atoms with Crippen LogP contribution in [0.4, 0.5) is 5.69 Å². The summed E-state index contributed by atoms with van der Waals surface area (Å²) in [5.41, 5.74) is 2.84. The molecule has 0 saturated carbocycles. The number of pyridine rings is 1. The third-order valence-corrected chi connectivity index (χ3v) is 5.46. The number of carbonyl (C=O) groups is 3. The number of allylic oxidation sites excluding steroid dienone is 1. The van der Waals surface area contributed by atoms with Crippen molar-refractivity contribution >= 4 is 47.0 Å². The summed E-state index contributed by atoms with van der Waals surface area (Å²) in [6.45, 7) is 0. The SMILES string of the molecule is O=C(Nc1ccc(C(=O)/C=C/c2cccnc2)cc1)/C(=C/c1cccc(Cl)c1)NC(=O)c1ccccc1. The van der Waals surface area contributed by atoms with Crippen molar-refractivity contribution in [2.24, 2.45) is 0 Å². The fourth-order valence-corrected chi connectivity index (χ4v) is 3.56. The lowest BCUT2D eigenvalue weighted by Gasteiger charge is -2.12. The number of nitrogens with one attached hydrogen (secondary N) is 2. The van der Waals surface area contributed by atoms with Gasteiger partial charge in [0.1, 0.15) is 5.70 Å². The third-order valence-electron chi connectivity index (χ3n) is 5.23. The molecule has 0 bridgehead atoms. The Morgan fingerprint density at radius 1 is 0.784 bits per heavy atom. The zero-order chi connectivity index (χ0) is 26.0. The summed E-state index contributed by atoms with van der Waals surface area (Å²) in [6.07, 6.45) is 8.02. The predicted molar refractivity (Wildman–Crippen MR) is 146 cm³/mol. The van der Waals surface area contributed by atoms with Crippen molar-refractivity contribution in [2.75, 3.05) is 5.32 Å². The molecule has 2 amide bonds. The van der Waals surface area contributed by atoms with Crippen LogP contribution in [0.25, 0.3) is 12.2 Å². The van der Waals surface area contributed by atoms with Crippen LogP contribution in [0.1, 0.15) is 31.8 Å². The highest BCUT2D eigenvalue weighted by atomic mass is 35.5. The zero-order valence-electron chi connectivity index (χ0n) is 19.6. The van der Waals surface area contributed by atoms with Gasteiger partial charge < -0.3 is 10.6 Å². The second-order valence-corrected chi connectivity index (χ2v) is 8.39. The minimum Gasteiger partial charge on any atom is -0.321 e. The van der Waals surface area contributed by atoms with Gasteiger partial charge in [-0.25, -0.2) is 0 Å². The van der Waals surface area contributed by atoms with Crippen molar-refractivity contribution in [2.45, 2.75) is 0 Å². The summed E-state index contributed by atoms with van der Waals surface area (Å²) in [7, 11) is 0. The molecule has 0 aliphatic carbocycles. The monoisotopic (exact) mass is 507 g/mol. The number of nitrogens with zero attached hydrogens (tertiary/aromatic N) is 1. The van der Waals surface area contributed by atoms with E-state index in [0.29, 0.717) is 27.4 Å². The molecule has 0 unspecified atom stereocenters. The van der Waals surface area contributed by atoms with Gasteiger partial charge in [0.15, 0.2) is 5.78 Å². The van der Waals surface area contributed by atoms with Gasteiger partial charge in [0.25, 0.3) is 11.8 Å². The molecule has 2 N–H and O–H groups in total. The molecule has 0 aliphatic rings. The van der Waals surface area contributed by atoms with Crippen molar-refractivity contribution in [3.8, 4) is 0 Å². The van der Waals surface area contributed by atoms with Crippen molar-refractivity contribution in [1.82, 2.24) is 10.3 Å². The normalized spacial score (nSPS) is 11.2. The first-order chi connectivity index (χ1) is 18.0. The van der Waals surface area contributed by atoms with E-state index in [-0.39, 0.29) is 11.5 Å². The standard InChI is InChI=1S/C30H22ClN3O3/c31-25-10-4-6-22(18-25)19-27(34-29(36)24-8-2-1-3-9-24)30(37)33-26-14-12-23(13-15-26)28(35)16-11-21-7-5-17-32-20-21/h1-20H,(H,33,37)(H,34,36)/b16-11+,27-19-. The van der Waals surface area contributed by atoms with E-state index in [4.69, 9.17) is 11.6 Å². The summed E-state index contributed by atoms with van der Waals surface area (Å²) in [6, 6.07) is 25.6. The molecule has 0 aliphatic heterocycles. The Morgan fingerprint density at radius 2 is 1.54 bits per heavy atom. The maximum Gasteiger partial charge on any atom is 0.272 e. The molecule has 6 nitrogen and oxygen atoms in total. The number of amides is 2. The van der Waals surface area contributed by atoms with Crippen LogP contribution in [0.3, 0.4) is 0 Å². The van der Waals surface area contributed by atoms with Gasteiger partial charge in [0.2, 0.25) is 0 Å². The predicted octanol–water partition coefficient (Wildman–Crippen LogP) is 6.04. The smallest absolute Gasteiger partial charge is 0.272 e. The Kier molecular flexibility index (Phi) is 8.37. The van der Waals surface area contributed by atoms with Crippen LogP contribution in [0.15, 0.2) is 115 Å². The number of hydrogen-bond acceptors (Lipinski definition) is 4. The Morgan fingerprint density at radius 3 is 2.24 bits per heavy atom. The fraction of sp³-hybridized carbons (Fsp3) is 0. The summed E-state index contributed by atoms with van der Waals surface area (Å²) in [4.78, 5) is 42.4. The van der Waals surface area contributed by atoms with Gasteiger partial charge in [-0.3, -0.25) is 19.4 Å². The van der Waals surface area contributed by atoms with Gasteiger partial charge in [0.05, 0.1) is 0 Å². The van der Waals surface area contributed by atoms with E-state index in [1.807, 2.05) is 6.07 Å². The average molecular weight is 508 g/mol.